The molecule has 1 aromatic rings. The summed E-state index contributed by atoms with van der Waals surface area (Å²) in [5.41, 5.74) is 0. The number of ether oxygens (including phenoxy) is 2. The maximum absolute atomic E-state index is 11.4. The number of aromatic nitrogens is 2. The molecule has 0 bridgehead atoms. The lowest BCUT2D eigenvalue weighted by Crippen LogP contribution is -2.30. The maximum atomic E-state index is 11.4. The van der Waals surface area contributed by atoms with Gasteiger partial charge in [0.1, 0.15) is 0 Å². The summed E-state index contributed by atoms with van der Waals surface area (Å²) >= 11 is 0. The van der Waals surface area contributed by atoms with Crippen LogP contribution in [-0.2, 0) is 9.53 Å². The zero-order chi connectivity index (χ0) is 14.4. The van der Waals surface area contributed by atoms with Gasteiger partial charge in [-0.2, -0.15) is 4.98 Å². The minimum Gasteiger partial charge on any atom is -0.474 e. The standard InChI is InChI=1S/C13H21N3O3/c1-9(2)19-12-7-14-6-11(15-12)16(4)8-10(3)13(17)18-5/h6-7,9-10H,8H2,1-5H3. The predicted octanol–water partition coefficient (Wildman–Crippen LogP) is 1.51. The Morgan fingerprint density at radius 3 is 2.63 bits per heavy atom. The van der Waals surface area contributed by atoms with Crippen molar-refractivity contribution in [1.29, 1.82) is 0 Å². The van der Waals surface area contributed by atoms with Crippen molar-refractivity contribution < 1.29 is 14.3 Å². The van der Waals surface area contributed by atoms with E-state index < -0.39 is 0 Å². The predicted molar refractivity (Wildman–Crippen MR) is 72.2 cm³/mol. The molecule has 106 valence electrons. The summed E-state index contributed by atoms with van der Waals surface area (Å²) in [4.78, 5) is 21.7. The summed E-state index contributed by atoms with van der Waals surface area (Å²) < 4.78 is 10.2. The molecule has 1 aromatic heterocycles. The highest BCUT2D eigenvalue weighted by atomic mass is 16.5. The molecule has 1 atom stereocenters. The number of carbonyl (C=O) groups is 1. The van der Waals surface area contributed by atoms with Crippen molar-refractivity contribution in [2.45, 2.75) is 26.9 Å². The van der Waals surface area contributed by atoms with Gasteiger partial charge in [0.15, 0.2) is 5.82 Å². The van der Waals surface area contributed by atoms with Crippen LogP contribution in [0, 0.1) is 5.92 Å². The average Bonchev–Trinajstić information content (AvgIpc) is 2.37. The molecule has 0 amide bonds. The summed E-state index contributed by atoms with van der Waals surface area (Å²) in [6.45, 7) is 6.17. The lowest BCUT2D eigenvalue weighted by Gasteiger charge is -2.21. The lowest BCUT2D eigenvalue weighted by molar-refractivity contribution is -0.144. The van der Waals surface area contributed by atoms with Crippen molar-refractivity contribution in [2.75, 3.05) is 25.6 Å². The highest BCUT2D eigenvalue weighted by Crippen LogP contribution is 2.15. The third-order valence-corrected chi connectivity index (χ3v) is 2.50. The molecule has 1 unspecified atom stereocenters. The number of anilines is 1. The Kier molecular flexibility index (Phi) is 5.54. The van der Waals surface area contributed by atoms with Gasteiger partial charge in [0, 0.05) is 13.6 Å². The minimum absolute atomic E-state index is 0.0452. The molecule has 0 aliphatic rings. The van der Waals surface area contributed by atoms with Crippen LogP contribution in [0.15, 0.2) is 12.4 Å². The van der Waals surface area contributed by atoms with Gasteiger partial charge in [-0.1, -0.05) is 6.92 Å². The van der Waals surface area contributed by atoms with Crippen LogP contribution < -0.4 is 9.64 Å². The normalized spacial score (nSPS) is 12.1. The molecular formula is C13H21N3O3. The molecule has 1 rings (SSSR count). The summed E-state index contributed by atoms with van der Waals surface area (Å²) in [7, 11) is 3.23. The monoisotopic (exact) mass is 267 g/mol. The SMILES string of the molecule is COC(=O)C(C)CN(C)c1cncc(OC(C)C)n1. The summed E-state index contributed by atoms with van der Waals surface area (Å²) in [6.07, 6.45) is 3.25. The van der Waals surface area contributed by atoms with Gasteiger partial charge in [-0.05, 0) is 13.8 Å². The Balaban J connectivity index is 2.71. The smallest absolute Gasteiger partial charge is 0.310 e. The van der Waals surface area contributed by atoms with Crippen LogP contribution >= 0.6 is 0 Å². The van der Waals surface area contributed by atoms with Crippen LogP contribution in [0.2, 0.25) is 0 Å². The Bertz CT molecular complexity index is 423. The quantitative estimate of drug-likeness (QED) is 0.728. The van der Waals surface area contributed by atoms with Crippen molar-refractivity contribution in [3.63, 3.8) is 0 Å². The van der Waals surface area contributed by atoms with Crippen molar-refractivity contribution >= 4 is 11.8 Å². The highest BCUT2D eigenvalue weighted by Gasteiger charge is 2.17. The number of nitrogens with zero attached hydrogens (tertiary/aromatic N) is 3. The van der Waals surface area contributed by atoms with Gasteiger partial charge >= 0.3 is 5.97 Å². The molecule has 0 saturated heterocycles. The molecule has 0 aliphatic carbocycles. The maximum Gasteiger partial charge on any atom is 0.310 e. The molecule has 0 N–H and O–H groups in total. The molecule has 0 aromatic carbocycles. The van der Waals surface area contributed by atoms with Crippen molar-refractivity contribution in [2.24, 2.45) is 5.92 Å². The fourth-order valence-electron chi connectivity index (χ4n) is 1.60. The van der Waals surface area contributed by atoms with E-state index in [9.17, 15) is 4.79 Å². The van der Waals surface area contributed by atoms with Crippen molar-refractivity contribution in [1.82, 2.24) is 9.97 Å². The second-order valence-corrected chi connectivity index (χ2v) is 4.69. The molecule has 0 aliphatic heterocycles. The number of hydrogen-bond donors (Lipinski definition) is 0. The molecule has 19 heavy (non-hydrogen) atoms. The van der Waals surface area contributed by atoms with Crippen molar-refractivity contribution in [3.8, 4) is 5.88 Å². The minimum atomic E-state index is -0.241. The number of esters is 1. The van der Waals surface area contributed by atoms with E-state index in [2.05, 4.69) is 9.97 Å². The Morgan fingerprint density at radius 2 is 2.05 bits per heavy atom. The van der Waals surface area contributed by atoms with Crippen LogP contribution in [0.3, 0.4) is 0 Å². The first-order valence-electron chi connectivity index (χ1n) is 6.21. The van der Waals surface area contributed by atoms with Crippen LogP contribution in [0.4, 0.5) is 5.82 Å². The van der Waals surface area contributed by atoms with Gasteiger partial charge in [-0.25, -0.2) is 0 Å². The van der Waals surface area contributed by atoms with E-state index >= 15 is 0 Å². The van der Waals surface area contributed by atoms with Gasteiger partial charge in [0.25, 0.3) is 0 Å². The first-order valence-corrected chi connectivity index (χ1v) is 6.21. The Labute approximate surface area is 113 Å². The van der Waals surface area contributed by atoms with Crippen LogP contribution in [-0.4, -0.2) is 42.7 Å². The number of carbonyl (C=O) groups excluding carboxylic acids is 1. The van der Waals surface area contributed by atoms with E-state index in [1.54, 1.807) is 12.4 Å². The molecule has 1 heterocycles. The highest BCUT2D eigenvalue weighted by molar-refractivity contribution is 5.72. The molecule has 0 fully saturated rings. The van der Waals surface area contributed by atoms with Crippen LogP contribution in [0.25, 0.3) is 0 Å². The van der Waals surface area contributed by atoms with Gasteiger partial charge in [0.2, 0.25) is 5.88 Å². The Morgan fingerprint density at radius 1 is 1.37 bits per heavy atom. The zero-order valence-corrected chi connectivity index (χ0v) is 12.1. The van der Waals surface area contributed by atoms with E-state index in [1.165, 1.54) is 7.11 Å². The van der Waals surface area contributed by atoms with E-state index in [0.29, 0.717) is 18.2 Å². The summed E-state index contributed by atoms with van der Waals surface area (Å²) in [5, 5.41) is 0. The first-order chi connectivity index (χ1) is 8.93. The zero-order valence-electron chi connectivity index (χ0n) is 12.1. The largest absolute Gasteiger partial charge is 0.474 e. The van der Waals surface area contributed by atoms with Crippen LogP contribution in [0.5, 0.6) is 5.88 Å². The average molecular weight is 267 g/mol. The topological polar surface area (TPSA) is 64.5 Å². The summed E-state index contributed by atoms with van der Waals surface area (Å²) in [5.74, 6) is 0.667. The second kappa shape index (κ2) is 6.92. The molecule has 0 spiro atoms. The third kappa shape index (κ3) is 4.73. The lowest BCUT2D eigenvalue weighted by atomic mass is 10.2. The fraction of sp³-hybridized carbons (Fsp3) is 0.615. The Hall–Kier alpha value is -1.85. The van der Waals surface area contributed by atoms with E-state index in [0.717, 1.165) is 0 Å². The molecule has 6 heteroatoms. The van der Waals surface area contributed by atoms with E-state index in [-0.39, 0.29) is 18.0 Å². The molecule has 0 radical (unpaired) electrons. The first kappa shape index (κ1) is 15.2. The van der Waals surface area contributed by atoms with Gasteiger partial charge in [-0.3, -0.25) is 9.78 Å². The van der Waals surface area contributed by atoms with E-state index in [4.69, 9.17) is 9.47 Å². The number of rotatable bonds is 6. The molecular weight excluding hydrogens is 246 g/mol. The van der Waals surface area contributed by atoms with Gasteiger partial charge < -0.3 is 14.4 Å². The van der Waals surface area contributed by atoms with Gasteiger partial charge in [-0.15, -0.1) is 0 Å². The van der Waals surface area contributed by atoms with E-state index in [1.807, 2.05) is 32.7 Å². The number of methoxy groups -OCH3 is 1. The fourth-order valence-corrected chi connectivity index (χ4v) is 1.60. The van der Waals surface area contributed by atoms with Crippen molar-refractivity contribution in [3.05, 3.63) is 12.4 Å². The second-order valence-electron chi connectivity index (χ2n) is 4.69. The van der Waals surface area contributed by atoms with Crippen LogP contribution in [0.1, 0.15) is 20.8 Å². The third-order valence-electron chi connectivity index (χ3n) is 2.50. The van der Waals surface area contributed by atoms with Gasteiger partial charge in [0.05, 0.1) is 31.5 Å². The summed E-state index contributed by atoms with van der Waals surface area (Å²) in [6, 6.07) is 0. The molecule has 6 nitrogen and oxygen atoms in total. The number of hydrogen-bond acceptors (Lipinski definition) is 6. The molecule has 0 saturated carbocycles.